The molecule has 1 aromatic carbocycles. The Morgan fingerprint density at radius 3 is 2.45 bits per heavy atom. The molecule has 0 aromatic heterocycles. The lowest BCUT2D eigenvalue weighted by molar-refractivity contribution is 0.272. The lowest BCUT2D eigenvalue weighted by Crippen LogP contribution is -2.35. The summed E-state index contributed by atoms with van der Waals surface area (Å²) < 4.78 is 11.5. The van der Waals surface area contributed by atoms with Crippen molar-refractivity contribution in [1.29, 1.82) is 0 Å². The predicted molar refractivity (Wildman–Crippen MR) is 87.3 cm³/mol. The summed E-state index contributed by atoms with van der Waals surface area (Å²) in [5, 5.41) is 3.91. The topological polar surface area (TPSA) is 29.1 Å². The number of rotatable bonds is 6. The summed E-state index contributed by atoms with van der Waals surface area (Å²) in [6, 6.07) is 11.2. The fourth-order valence-corrected chi connectivity index (χ4v) is 3.43. The second-order valence-corrected chi connectivity index (χ2v) is 7.81. The quantitative estimate of drug-likeness (QED) is 0.867. The van der Waals surface area contributed by atoms with Gasteiger partial charge in [-0.3, -0.25) is 4.21 Å². The highest BCUT2D eigenvalue weighted by atomic mass is 32.2. The zero-order valence-electron chi connectivity index (χ0n) is 12.7. The number of hydrogen-bond donors (Lipinski definition) is 1. The van der Waals surface area contributed by atoms with Gasteiger partial charge in [0.1, 0.15) is 0 Å². The van der Waals surface area contributed by atoms with Crippen molar-refractivity contribution in [2.45, 2.75) is 50.3 Å². The third kappa shape index (κ3) is 4.42. The van der Waals surface area contributed by atoms with Crippen LogP contribution in [0.25, 0.3) is 0 Å². The lowest BCUT2D eigenvalue weighted by Gasteiger charge is -2.32. The summed E-state index contributed by atoms with van der Waals surface area (Å²) in [5.41, 5.74) is 1.38. The molecule has 2 nitrogen and oxygen atoms in total. The van der Waals surface area contributed by atoms with Gasteiger partial charge in [-0.2, -0.15) is 0 Å². The van der Waals surface area contributed by atoms with Crippen LogP contribution in [0, 0.1) is 5.92 Å². The van der Waals surface area contributed by atoms with Crippen LogP contribution in [0.15, 0.2) is 30.3 Å². The number of hydrogen-bond acceptors (Lipinski definition) is 2. The highest BCUT2D eigenvalue weighted by molar-refractivity contribution is 7.84. The first-order valence-corrected chi connectivity index (χ1v) is 9.41. The monoisotopic (exact) mass is 293 g/mol. The molecule has 1 aromatic rings. The average Bonchev–Trinajstić information content (AvgIpc) is 2.49. The summed E-state index contributed by atoms with van der Waals surface area (Å²) in [4.78, 5) is 0. The van der Waals surface area contributed by atoms with Gasteiger partial charge < -0.3 is 5.32 Å². The molecule has 1 aliphatic carbocycles. The van der Waals surface area contributed by atoms with Crippen LogP contribution in [-0.2, 0) is 10.8 Å². The van der Waals surface area contributed by atoms with Gasteiger partial charge in [-0.05, 0) is 31.2 Å². The van der Waals surface area contributed by atoms with Crippen molar-refractivity contribution in [2.24, 2.45) is 5.92 Å². The Morgan fingerprint density at radius 2 is 1.85 bits per heavy atom. The Balaban J connectivity index is 2.05. The van der Waals surface area contributed by atoms with E-state index in [0.717, 1.165) is 12.5 Å². The first-order valence-electron chi connectivity index (χ1n) is 7.79. The molecule has 0 spiro atoms. The van der Waals surface area contributed by atoms with Gasteiger partial charge in [-0.15, -0.1) is 0 Å². The van der Waals surface area contributed by atoms with Gasteiger partial charge in [0.25, 0.3) is 0 Å². The molecule has 112 valence electrons. The van der Waals surface area contributed by atoms with Crippen LogP contribution in [0.1, 0.15) is 50.6 Å². The van der Waals surface area contributed by atoms with Crippen LogP contribution >= 0.6 is 0 Å². The van der Waals surface area contributed by atoms with E-state index < -0.39 is 10.8 Å². The molecule has 3 heteroatoms. The second kappa shape index (κ2) is 7.94. The van der Waals surface area contributed by atoms with Gasteiger partial charge in [0.15, 0.2) is 0 Å². The van der Waals surface area contributed by atoms with E-state index in [2.05, 4.69) is 42.6 Å². The zero-order chi connectivity index (χ0) is 14.4. The van der Waals surface area contributed by atoms with Crippen LogP contribution in [-0.4, -0.2) is 22.3 Å². The third-order valence-electron chi connectivity index (χ3n) is 4.47. The number of benzene rings is 1. The Labute approximate surface area is 125 Å². The SMILES string of the molecule is CC(CNC(c1ccccc1)C1CCCCC1)S(C)=O. The Bertz CT molecular complexity index is 414. The molecule has 0 amide bonds. The van der Waals surface area contributed by atoms with Crippen LogP contribution in [0.4, 0.5) is 0 Å². The molecule has 0 saturated heterocycles. The fourth-order valence-electron chi connectivity index (χ4n) is 3.09. The molecule has 0 bridgehead atoms. The lowest BCUT2D eigenvalue weighted by atomic mass is 9.81. The Hall–Kier alpha value is -0.670. The molecule has 1 aliphatic rings. The Kier molecular flexibility index (Phi) is 6.24. The predicted octanol–water partition coefficient (Wildman–Crippen LogP) is 3.66. The van der Waals surface area contributed by atoms with Crippen molar-refractivity contribution < 1.29 is 4.21 Å². The van der Waals surface area contributed by atoms with Crippen LogP contribution < -0.4 is 5.32 Å². The highest BCUT2D eigenvalue weighted by Gasteiger charge is 2.25. The maximum absolute atomic E-state index is 11.5. The summed E-state index contributed by atoms with van der Waals surface area (Å²) in [5.74, 6) is 0.726. The minimum atomic E-state index is -0.751. The molecule has 20 heavy (non-hydrogen) atoms. The summed E-state index contributed by atoms with van der Waals surface area (Å²) in [7, 11) is -0.751. The van der Waals surface area contributed by atoms with Gasteiger partial charge in [0.2, 0.25) is 0 Å². The first kappa shape index (κ1) is 15.7. The first-order chi connectivity index (χ1) is 9.68. The van der Waals surface area contributed by atoms with E-state index >= 15 is 0 Å². The van der Waals surface area contributed by atoms with Gasteiger partial charge in [0.05, 0.1) is 0 Å². The number of nitrogens with one attached hydrogen (secondary N) is 1. The molecule has 0 aliphatic heterocycles. The third-order valence-corrected chi connectivity index (χ3v) is 5.77. The maximum atomic E-state index is 11.5. The average molecular weight is 293 g/mol. The molecule has 3 unspecified atom stereocenters. The molecular formula is C17H27NOS. The molecule has 1 N–H and O–H groups in total. The molecule has 0 radical (unpaired) electrons. The standard InChI is InChI=1S/C17H27NOS/c1-14(20(2)19)13-18-17(15-9-5-3-6-10-15)16-11-7-4-8-12-16/h3,5-6,9-10,14,16-18H,4,7-8,11-13H2,1-2H3. The van der Waals surface area contributed by atoms with Crippen molar-refractivity contribution in [1.82, 2.24) is 5.32 Å². The van der Waals surface area contributed by atoms with E-state index in [1.807, 2.05) is 0 Å². The second-order valence-electron chi connectivity index (χ2n) is 6.00. The van der Waals surface area contributed by atoms with Crippen molar-refractivity contribution in [3.8, 4) is 0 Å². The molecule has 1 saturated carbocycles. The van der Waals surface area contributed by atoms with Gasteiger partial charge in [-0.1, -0.05) is 49.6 Å². The minimum Gasteiger partial charge on any atom is -0.309 e. The van der Waals surface area contributed by atoms with Crippen molar-refractivity contribution in [2.75, 3.05) is 12.8 Å². The normalized spacial score (nSPS) is 21.3. The summed E-state index contributed by atoms with van der Waals surface area (Å²) in [6.07, 6.45) is 8.51. The van der Waals surface area contributed by atoms with E-state index in [4.69, 9.17) is 0 Å². The maximum Gasteiger partial charge on any atom is 0.0441 e. The van der Waals surface area contributed by atoms with Crippen LogP contribution in [0.5, 0.6) is 0 Å². The van der Waals surface area contributed by atoms with Crippen molar-refractivity contribution in [3.63, 3.8) is 0 Å². The minimum absolute atomic E-state index is 0.213. The molecule has 3 atom stereocenters. The molecule has 2 rings (SSSR count). The van der Waals surface area contributed by atoms with Crippen molar-refractivity contribution >= 4 is 10.8 Å². The van der Waals surface area contributed by atoms with E-state index in [0.29, 0.717) is 6.04 Å². The highest BCUT2D eigenvalue weighted by Crippen LogP contribution is 2.34. The molecular weight excluding hydrogens is 266 g/mol. The largest absolute Gasteiger partial charge is 0.309 e. The van der Waals surface area contributed by atoms with Gasteiger partial charge >= 0.3 is 0 Å². The van der Waals surface area contributed by atoms with Crippen LogP contribution in [0.3, 0.4) is 0 Å². The molecule has 1 fully saturated rings. The smallest absolute Gasteiger partial charge is 0.0441 e. The molecule has 0 heterocycles. The van der Waals surface area contributed by atoms with Crippen molar-refractivity contribution in [3.05, 3.63) is 35.9 Å². The van der Waals surface area contributed by atoms with Crippen LogP contribution in [0.2, 0.25) is 0 Å². The van der Waals surface area contributed by atoms with E-state index in [1.165, 1.54) is 37.7 Å². The van der Waals surface area contributed by atoms with E-state index in [1.54, 1.807) is 6.26 Å². The van der Waals surface area contributed by atoms with Gasteiger partial charge in [0, 0.05) is 34.9 Å². The Morgan fingerprint density at radius 1 is 1.20 bits per heavy atom. The van der Waals surface area contributed by atoms with E-state index in [9.17, 15) is 4.21 Å². The fraction of sp³-hybridized carbons (Fsp3) is 0.647. The zero-order valence-corrected chi connectivity index (χ0v) is 13.5. The van der Waals surface area contributed by atoms with E-state index in [-0.39, 0.29) is 5.25 Å². The summed E-state index contributed by atoms with van der Waals surface area (Å²) in [6.45, 7) is 2.89. The summed E-state index contributed by atoms with van der Waals surface area (Å²) >= 11 is 0. The van der Waals surface area contributed by atoms with Gasteiger partial charge in [-0.25, -0.2) is 0 Å².